The first kappa shape index (κ1) is 35.8. The van der Waals surface area contributed by atoms with Crippen LogP contribution >= 0.6 is 0 Å². The Labute approximate surface area is 277 Å². The number of hydrogen-bond donors (Lipinski definition) is 0. The summed E-state index contributed by atoms with van der Waals surface area (Å²) in [6.45, 7) is 5.25. The summed E-state index contributed by atoms with van der Waals surface area (Å²) in [5, 5.41) is 0. The summed E-state index contributed by atoms with van der Waals surface area (Å²) in [6, 6.07) is 8.19. The molecule has 1 saturated heterocycles. The van der Waals surface area contributed by atoms with Gasteiger partial charge in [-0.2, -0.15) is 4.39 Å². The minimum absolute atomic E-state index is 0.120. The van der Waals surface area contributed by atoms with E-state index in [1.165, 1.54) is 38.0 Å². The third kappa shape index (κ3) is 8.01. The molecule has 0 bridgehead atoms. The lowest BCUT2D eigenvalue weighted by atomic mass is 9.78. The predicted octanol–water partition coefficient (Wildman–Crippen LogP) is 10.2. The van der Waals surface area contributed by atoms with Crippen LogP contribution in [0, 0.1) is 47.7 Å². The molecule has 6 rings (SSSR count). The number of carbonyl (C=O) groups is 1. The fourth-order valence-electron chi connectivity index (χ4n) is 6.97. The third-order valence-corrected chi connectivity index (χ3v) is 9.78. The van der Waals surface area contributed by atoms with Gasteiger partial charge in [0.25, 0.3) is 0 Å². The van der Waals surface area contributed by atoms with Gasteiger partial charge in [-0.1, -0.05) is 24.3 Å². The minimum atomic E-state index is -1.32. The molecule has 0 aromatic heterocycles. The summed E-state index contributed by atoms with van der Waals surface area (Å²) < 4.78 is 103. The van der Waals surface area contributed by atoms with Gasteiger partial charge in [-0.3, -0.25) is 4.79 Å². The van der Waals surface area contributed by atoms with Crippen molar-refractivity contribution in [3.8, 4) is 16.9 Å². The molecule has 1 heterocycles. The van der Waals surface area contributed by atoms with Crippen LogP contribution in [0.2, 0.25) is 0 Å². The fourth-order valence-corrected chi connectivity index (χ4v) is 6.97. The molecule has 0 amide bonds. The van der Waals surface area contributed by atoms with E-state index in [2.05, 4.69) is 0 Å². The van der Waals surface area contributed by atoms with E-state index in [0.29, 0.717) is 56.9 Å². The molecule has 0 N–H and O–H groups in total. The number of ether oxygens (including phenoxy) is 3. The Bertz CT molecular complexity index is 1570. The van der Waals surface area contributed by atoms with Crippen molar-refractivity contribution in [3.63, 3.8) is 0 Å². The van der Waals surface area contributed by atoms with Crippen LogP contribution in [0.4, 0.5) is 26.3 Å². The van der Waals surface area contributed by atoms with Crippen molar-refractivity contribution >= 4 is 5.97 Å². The number of benzene rings is 3. The molecule has 0 radical (unpaired) electrons. The Morgan fingerprint density at radius 1 is 0.667 bits per heavy atom. The first-order valence-corrected chi connectivity index (χ1v) is 16.9. The van der Waals surface area contributed by atoms with Gasteiger partial charge in [0, 0.05) is 24.3 Å². The van der Waals surface area contributed by atoms with Crippen molar-refractivity contribution in [3.05, 3.63) is 88.0 Å². The number of rotatable bonds is 7. The van der Waals surface area contributed by atoms with Crippen molar-refractivity contribution in [2.45, 2.75) is 96.0 Å². The summed E-state index contributed by atoms with van der Waals surface area (Å²) in [6.07, 6.45) is 6.27. The second-order valence-electron chi connectivity index (χ2n) is 12.9. The lowest BCUT2D eigenvalue weighted by Gasteiger charge is -2.32. The number of halogens is 6. The molecule has 2 saturated carbocycles. The van der Waals surface area contributed by atoms with Crippen LogP contribution in [0.5, 0.6) is 5.75 Å². The molecular formula is C38H42F6O4. The molecule has 0 unspecified atom stereocenters. The van der Waals surface area contributed by atoms with Gasteiger partial charge >= 0.3 is 5.97 Å². The maximum atomic E-state index is 15.2. The van der Waals surface area contributed by atoms with Gasteiger partial charge in [0.1, 0.15) is 6.10 Å². The highest BCUT2D eigenvalue weighted by Crippen LogP contribution is 2.41. The third-order valence-electron chi connectivity index (χ3n) is 9.78. The van der Waals surface area contributed by atoms with Crippen LogP contribution in [0.3, 0.4) is 0 Å². The van der Waals surface area contributed by atoms with E-state index in [-0.39, 0.29) is 58.9 Å². The number of esters is 1. The molecule has 3 fully saturated rings. The Morgan fingerprint density at radius 2 is 1.19 bits per heavy atom. The first-order valence-electron chi connectivity index (χ1n) is 16.9. The molecular weight excluding hydrogens is 634 g/mol. The quantitative estimate of drug-likeness (QED) is 0.185. The molecule has 3 aromatic rings. The first-order chi connectivity index (χ1) is 23.1. The molecule has 4 nitrogen and oxygen atoms in total. The van der Waals surface area contributed by atoms with Crippen LogP contribution in [0.15, 0.2) is 36.4 Å². The second kappa shape index (κ2) is 16.2. The van der Waals surface area contributed by atoms with Crippen molar-refractivity contribution in [1.29, 1.82) is 0 Å². The monoisotopic (exact) mass is 676 g/mol. The Hall–Kier alpha value is -3.53. The van der Waals surface area contributed by atoms with Gasteiger partial charge < -0.3 is 14.2 Å². The molecule has 10 heteroatoms. The Kier molecular flexibility index (Phi) is 12.1. The van der Waals surface area contributed by atoms with E-state index >= 15 is 8.78 Å². The normalized spacial score (nSPS) is 22.5. The van der Waals surface area contributed by atoms with Gasteiger partial charge in [-0.15, -0.1) is 0 Å². The summed E-state index contributed by atoms with van der Waals surface area (Å²) in [7, 11) is 0. The summed E-state index contributed by atoms with van der Waals surface area (Å²) in [5.74, 6) is -8.06. The summed E-state index contributed by atoms with van der Waals surface area (Å²) in [4.78, 5) is 12.9. The van der Waals surface area contributed by atoms with Crippen molar-refractivity contribution in [2.24, 2.45) is 5.92 Å². The van der Waals surface area contributed by atoms with E-state index in [9.17, 15) is 22.4 Å². The molecule has 48 heavy (non-hydrogen) atoms. The van der Waals surface area contributed by atoms with E-state index in [4.69, 9.17) is 14.2 Å². The van der Waals surface area contributed by atoms with Crippen molar-refractivity contribution in [1.82, 2.24) is 0 Å². The summed E-state index contributed by atoms with van der Waals surface area (Å²) >= 11 is 0. The average molecular weight is 677 g/mol. The SMILES string of the molecule is C1CCOC1.CCOc1ccc(-c2ccc(C3CCC(C(=O)OC4CCC(c5ccc(C)c(F)c5F)CC4)CC3)c(F)c2F)c(F)c1F. The second-order valence-corrected chi connectivity index (χ2v) is 12.9. The number of carbonyl (C=O) groups excluding carboxylic acids is 1. The zero-order valence-electron chi connectivity index (χ0n) is 27.4. The van der Waals surface area contributed by atoms with Gasteiger partial charge in [0.05, 0.1) is 12.5 Å². The number of hydrogen-bond acceptors (Lipinski definition) is 4. The molecule has 3 aliphatic rings. The number of aryl methyl sites for hydroxylation is 1. The van der Waals surface area contributed by atoms with Crippen LogP contribution < -0.4 is 4.74 Å². The highest BCUT2D eigenvalue weighted by Gasteiger charge is 2.34. The van der Waals surface area contributed by atoms with Gasteiger partial charge in [-0.05, 0) is 119 Å². The predicted molar refractivity (Wildman–Crippen MR) is 170 cm³/mol. The van der Waals surface area contributed by atoms with Gasteiger partial charge in [0.15, 0.2) is 34.8 Å². The van der Waals surface area contributed by atoms with Crippen LogP contribution in [-0.2, 0) is 14.3 Å². The highest BCUT2D eigenvalue weighted by atomic mass is 19.2. The van der Waals surface area contributed by atoms with E-state index < -0.39 is 40.5 Å². The lowest BCUT2D eigenvalue weighted by Crippen LogP contribution is -2.30. The Balaban J connectivity index is 0.000000825. The molecule has 2 aliphatic carbocycles. The maximum Gasteiger partial charge on any atom is 0.309 e. The van der Waals surface area contributed by atoms with E-state index in [1.54, 1.807) is 19.1 Å². The topological polar surface area (TPSA) is 44.8 Å². The van der Waals surface area contributed by atoms with Crippen LogP contribution in [0.25, 0.3) is 11.1 Å². The molecule has 0 atom stereocenters. The molecule has 260 valence electrons. The van der Waals surface area contributed by atoms with E-state index in [0.717, 1.165) is 19.3 Å². The standard InChI is InChI=1S/C34H34F6O3.C4H8O/c1-3-42-27-17-16-26(32(39)33(27)40)25-15-14-24(30(37)31(25)38)19-5-7-21(8-6-19)34(41)43-22-11-9-20(10-12-22)23-13-4-18(2)28(35)29(23)36;1-2-4-5-3-1/h4,13-17,19-22H,3,5-12H2,1-2H3;1-4H2. The van der Waals surface area contributed by atoms with Crippen LogP contribution in [0.1, 0.15) is 99.7 Å². The fraction of sp³-hybridized carbons (Fsp3) is 0.500. The van der Waals surface area contributed by atoms with Crippen molar-refractivity contribution < 1.29 is 45.3 Å². The summed E-state index contributed by atoms with van der Waals surface area (Å²) in [5.41, 5.74) is -0.0272. The van der Waals surface area contributed by atoms with Crippen molar-refractivity contribution in [2.75, 3.05) is 19.8 Å². The molecule has 3 aromatic carbocycles. The van der Waals surface area contributed by atoms with Gasteiger partial charge in [0.2, 0.25) is 5.82 Å². The highest BCUT2D eigenvalue weighted by molar-refractivity contribution is 5.73. The lowest BCUT2D eigenvalue weighted by molar-refractivity contribution is -0.157. The van der Waals surface area contributed by atoms with Crippen LogP contribution in [-0.4, -0.2) is 31.9 Å². The Morgan fingerprint density at radius 3 is 1.75 bits per heavy atom. The zero-order chi connectivity index (χ0) is 34.4. The zero-order valence-corrected chi connectivity index (χ0v) is 27.4. The maximum absolute atomic E-state index is 15.2. The van der Waals surface area contributed by atoms with Gasteiger partial charge in [-0.25, -0.2) is 22.0 Å². The molecule has 0 spiro atoms. The molecule has 1 aliphatic heterocycles. The minimum Gasteiger partial charge on any atom is -0.491 e. The smallest absolute Gasteiger partial charge is 0.309 e. The largest absolute Gasteiger partial charge is 0.491 e. The van der Waals surface area contributed by atoms with E-state index in [1.807, 2.05) is 0 Å². The average Bonchev–Trinajstić information content (AvgIpc) is 3.69.